The molecule has 0 fully saturated rings. The van der Waals surface area contributed by atoms with E-state index in [-0.39, 0.29) is 11.9 Å². The second kappa shape index (κ2) is 5.69. The molecule has 24 heavy (non-hydrogen) atoms. The second-order valence-corrected chi connectivity index (χ2v) is 6.19. The summed E-state index contributed by atoms with van der Waals surface area (Å²) in [4.78, 5) is 23.3. The van der Waals surface area contributed by atoms with Gasteiger partial charge in [-0.25, -0.2) is 4.98 Å². The van der Waals surface area contributed by atoms with Crippen molar-refractivity contribution in [2.75, 3.05) is 0 Å². The molecule has 0 radical (unpaired) electrons. The van der Waals surface area contributed by atoms with E-state index in [1.165, 1.54) is 0 Å². The highest BCUT2D eigenvalue weighted by atomic mass is 35.5. The van der Waals surface area contributed by atoms with Crippen LogP contribution in [0.4, 0.5) is 0 Å². The Morgan fingerprint density at radius 3 is 2.79 bits per heavy atom. The number of nitrogens with zero attached hydrogens (tertiary/aromatic N) is 1. The van der Waals surface area contributed by atoms with Crippen molar-refractivity contribution in [1.29, 1.82) is 0 Å². The number of fused-ring (bicyclic) bond motifs is 2. The highest BCUT2D eigenvalue weighted by molar-refractivity contribution is 6.31. The maximum atomic E-state index is 12.5. The molecule has 2 aromatic heterocycles. The van der Waals surface area contributed by atoms with Crippen LogP contribution in [-0.4, -0.2) is 20.9 Å². The van der Waals surface area contributed by atoms with E-state index in [9.17, 15) is 4.79 Å². The lowest BCUT2D eigenvalue weighted by molar-refractivity contribution is 0.0934. The van der Waals surface area contributed by atoms with Crippen molar-refractivity contribution >= 4 is 39.4 Å². The van der Waals surface area contributed by atoms with Gasteiger partial charge in [-0.2, -0.15) is 0 Å². The van der Waals surface area contributed by atoms with Crippen LogP contribution in [0.1, 0.15) is 29.3 Å². The zero-order valence-corrected chi connectivity index (χ0v) is 13.7. The molecular weight excluding hydrogens is 324 g/mol. The molecule has 0 spiro atoms. The Hall–Kier alpha value is -2.79. The van der Waals surface area contributed by atoms with E-state index in [2.05, 4.69) is 20.3 Å². The fourth-order valence-electron chi connectivity index (χ4n) is 2.74. The Morgan fingerprint density at radius 2 is 1.96 bits per heavy atom. The minimum atomic E-state index is -0.236. The third-order valence-corrected chi connectivity index (χ3v) is 4.23. The van der Waals surface area contributed by atoms with Crippen molar-refractivity contribution in [2.45, 2.75) is 13.0 Å². The van der Waals surface area contributed by atoms with Crippen LogP contribution in [-0.2, 0) is 0 Å². The average Bonchev–Trinajstić information content (AvgIpc) is 3.18. The number of H-pyrrole nitrogens is 2. The molecule has 0 aliphatic heterocycles. The number of para-hydroxylation sites is 2. The summed E-state index contributed by atoms with van der Waals surface area (Å²) < 4.78 is 0. The summed E-state index contributed by atoms with van der Waals surface area (Å²) in [6.07, 6.45) is 0. The third-order valence-electron chi connectivity index (χ3n) is 3.99. The zero-order valence-electron chi connectivity index (χ0n) is 12.9. The molecule has 2 heterocycles. The normalized spacial score (nSPS) is 12.6. The SMILES string of the molecule is C[C@H](NC(=O)c1cc2ccc(Cl)cc2[nH]1)c1nc2ccccc2[nH]1. The molecule has 0 bridgehead atoms. The highest BCUT2D eigenvalue weighted by Crippen LogP contribution is 2.21. The van der Waals surface area contributed by atoms with Gasteiger partial charge in [0.05, 0.1) is 17.1 Å². The summed E-state index contributed by atoms with van der Waals surface area (Å²) in [6.45, 7) is 1.90. The summed E-state index contributed by atoms with van der Waals surface area (Å²) in [5.74, 6) is 0.541. The predicted octanol–water partition coefficient (Wildman–Crippen LogP) is 4.19. The smallest absolute Gasteiger partial charge is 0.268 e. The van der Waals surface area contributed by atoms with Crippen molar-refractivity contribution in [3.05, 3.63) is 65.1 Å². The van der Waals surface area contributed by atoms with E-state index in [0.29, 0.717) is 10.7 Å². The van der Waals surface area contributed by atoms with Gasteiger partial charge in [0.25, 0.3) is 5.91 Å². The number of hydrogen-bond donors (Lipinski definition) is 3. The Labute approximate surface area is 143 Å². The van der Waals surface area contributed by atoms with Crippen molar-refractivity contribution in [3.8, 4) is 0 Å². The van der Waals surface area contributed by atoms with E-state index in [1.807, 2.05) is 43.3 Å². The van der Waals surface area contributed by atoms with Crippen molar-refractivity contribution in [2.24, 2.45) is 0 Å². The van der Waals surface area contributed by atoms with Crippen LogP contribution >= 0.6 is 11.6 Å². The number of nitrogens with one attached hydrogen (secondary N) is 3. The van der Waals surface area contributed by atoms with Gasteiger partial charge >= 0.3 is 0 Å². The quantitative estimate of drug-likeness (QED) is 0.524. The van der Waals surface area contributed by atoms with Gasteiger partial charge in [-0.15, -0.1) is 0 Å². The fraction of sp³-hybridized carbons (Fsp3) is 0.111. The lowest BCUT2D eigenvalue weighted by Crippen LogP contribution is -2.27. The number of aromatic nitrogens is 3. The van der Waals surface area contributed by atoms with E-state index < -0.39 is 0 Å². The number of halogens is 1. The zero-order chi connectivity index (χ0) is 16.7. The van der Waals surface area contributed by atoms with E-state index in [1.54, 1.807) is 12.1 Å². The maximum Gasteiger partial charge on any atom is 0.268 e. The van der Waals surface area contributed by atoms with Crippen molar-refractivity contribution < 1.29 is 4.79 Å². The standard InChI is InChI=1S/C18H15ClN4O/c1-10(17-22-13-4-2-3-5-14(13)23-17)20-18(24)16-8-11-6-7-12(19)9-15(11)21-16/h2-10,21H,1H3,(H,20,24)(H,22,23)/t10-/m0/s1. The molecule has 1 amide bonds. The predicted molar refractivity (Wildman–Crippen MR) is 95.3 cm³/mol. The fourth-order valence-corrected chi connectivity index (χ4v) is 2.91. The van der Waals surface area contributed by atoms with Crippen molar-refractivity contribution in [1.82, 2.24) is 20.3 Å². The van der Waals surface area contributed by atoms with E-state index in [0.717, 1.165) is 27.8 Å². The molecule has 3 N–H and O–H groups in total. The minimum absolute atomic E-state index is 0.185. The van der Waals surface area contributed by atoms with E-state index >= 15 is 0 Å². The molecular formula is C18H15ClN4O. The number of carbonyl (C=O) groups excluding carboxylic acids is 1. The van der Waals surface area contributed by atoms with Crippen LogP contribution < -0.4 is 5.32 Å². The lowest BCUT2D eigenvalue weighted by Gasteiger charge is -2.10. The van der Waals surface area contributed by atoms with Crippen LogP contribution in [0.2, 0.25) is 5.02 Å². The molecule has 4 rings (SSSR count). The topological polar surface area (TPSA) is 73.6 Å². The molecule has 0 aliphatic carbocycles. The highest BCUT2D eigenvalue weighted by Gasteiger charge is 2.16. The summed E-state index contributed by atoms with van der Waals surface area (Å²) in [6, 6.07) is 14.8. The van der Waals surface area contributed by atoms with Gasteiger partial charge in [-0.05, 0) is 37.3 Å². The molecule has 0 saturated carbocycles. The van der Waals surface area contributed by atoms with Gasteiger partial charge in [0, 0.05) is 15.9 Å². The van der Waals surface area contributed by atoms with Crippen LogP contribution in [0.5, 0.6) is 0 Å². The molecule has 5 nitrogen and oxygen atoms in total. The van der Waals surface area contributed by atoms with Crippen molar-refractivity contribution in [3.63, 3.8) is 0 Å². The number of hydrogen-bond acceptors (Lipinski definition) is 2. The number of benzene rings is 2. The molecule has 0 unspecified atom stereocenters. The molecule has 1 atom stereocenters. The summed E-state index contributed by atoms with van der Waals surface area (Å²) in [7, 11) is 0. The monoisotopic (exact) mass is 338 g/mol. The number of carbonyl (C=O) groups is 1. The number of amides is 1. The second-order valence-electron chi connectivity index (χ2n) is 5.75. The van der Waals surface area contributed by atoms with Crippen LogP contribution in [0.3, 0.4) is 0 Å². The molecule has 0 aliphatic rings. The average molecular weight is 339 g/mol. The summed E-state index contributed by atoms with van der Waals surface area (Å²) >= 11 is 5.98. The largest absolute Gasteiger partial charge is 0.350 e. The van der Waals surface area contributed by atoms with Gasteiger partial charge in [-0.3, -0.25) is 4.79 Å². The number of rotatable bonds is 3. The first kappa shape index (κ1) is 14.8. The Balaban J connectivity index is 1.57. The van der Waals surface area contributed by atoms with Gasteiger partial charge < -0.3 is 15.3 Å². The summed E-state index contributed by atoms with van der Waals surface area (Å²) in [5, 5.41) is 4.53. The first-order valence-electron chi connectivity index (χ1n) is 7.64. The van der Waals surface area contributed by atoms with Gasteiger partial charge in [-0.1, -0.05) is 29.8 Å². The lowest BCUT2D eigenvalue weighted by atomic mass is 10.2. The number of aromatic amines is 2. The molecule has 120 valence electrons. The molecule has 6 heteroatoms. The third kappa shape index (κ3) is 2.63. The summed E-state index contributed by atoms with van der Waals surface area (Å²) in [5.41, 5.74) is 3.17. The maximum absolute atomic E-state index is 12.5. The molecule has 4 aromatic rings. The van der Waals surface area contributed by atoms with Crippen LogP contribution in [0, 0.1) is 0 Å². The Bertz CT molecular complexity index is 1020. The first-order valence-corrected chi connectivity index (χ1v) is 8.02. The Kier molecular flexibility index (Phi) is 3.50. The molecule has 0 saturated heterocycles. The Morgan fingerprint density at radius 1 is 1.12 bits per heavy atom. The van der Waals surface area contributed by atoms with Gasteiger partial charge in [0.15, 0.2) is 0 Å². The first-order chi connectivity index (χ1) is 11.6. The van der Waals surface area contributed by atoms with E-state index in [4.69, 9.17) is 11.6 Å². The molecule has 2 aromatic carbocycles. The van der Waals surface area contributed by atoms with Crippen LogP contribution in [0.15, 0.2) is 48.5 Å². The van der Waals surface area contributed by atoms with Gasteiger partial charge in [0.1, 0.15) is 11.5 Å². The number of imidazole rings is 1. The van der Waals surface area contributed by atoms with Gasteiger partial charge in [0.2, 0.25) is 0 Å². The van der Waals surface area contributed by atoms with Crippen LogP contribution in [0.25, 0.3) is 21.9 Å². The minimum Gasteiger partial charge on any atom is -0.350 e.